The highest BCUT2D eigenvalue weighted by Crippen LogP contribution is 2.38. The van der Waals surface area contributed by atoms with Crippen LogP contribution in [0.1, 0.15) is 21.6 Å². The summed E-state index contributed by atoms with van der Waals surface area (Å²) in [6.07, 6.45) is -1.36. The Morgan fingerprint density at radius 1 is 1.13 bits per heavy atom. The minimum Gasteiger partial charge on any atom is -0.354 e. The standard InChI is InChI=1S/C21H21F3N6O/c1-28-6-8-29(9-7-28)19-15-11-17-14(10-13(15)2-4-25-19)3-5-30(17)20(31)16-12-26-27-18(16)21(22,23)24/h2,4,10-12H,3,5-9H2,1H3,(H,26,27). The van der Waals surface area contributed by atoms with Crippen molar-refractivity contribution < 1.29 is 18.0 Å². The van der Waals surface area contributed by atoms with Crippen LogP contribution in [0.2, 0.25) is 0 Å². The van der Waals surface area contributed by atoms with Gasteiger partial charge in [-0.2, -0.15) is 18.3 Å². The first-order valence-corrected chi connectivity index (χ1v) is 10.1. The summed E-state index contributed by atoms with van der Waals surface area (Å²) in [6.45, 7) is 3.85. The largest absolute Gasteiger partial charge is 0.433 e. The molecule has 7 nitrogen and oxygen atoms in total. The maximum absolute atomic E-state index is 13.3. The first kappa shape index (κ1) is 19.8. The van der Waals surface area contributed by atoms with Gasteiger partial charge in [0.05, 0.1) is 11.8 Å². The van der Waals surface area contributed by atoms with Crippen LogP contribution >= 0.6 is 0 Å². The molecule has 1 fully saturated rings. The third-order valence-electron chi connectivity index (χ3n) is 6.04. The molecule has 0 radical (unpaired) electrons. The van der Waals surface area contributed by atoms with Crippen molar-refractivity contribution in [1.82, 2.24) is 20.1 Å². The molecule has 0 unspecified atom stereocenters. The predicted octanol–water partition coefficient (Wildman–Crippen LogP) is 2.93. The van der Waals surface area contributed by atoms with E-state index in [1.54, 1.807) is 6.20 Å². The summed E-state index contributed by atoms with van der Waals surface area (Å²) >= 11 is 0. The van der Waals surface area contributed by atoms with Crippen molar-refractivity contribution in [3.05, 3.63) is 47.4 Å². The first-order chi connectivity index (χ1) is 14.8. The fraction of sp³-hybridized carbons (Fsp3) is 0.381. The number of nitrogens with zero attached hydrogens (tertiary/aromatic N) is 5. The van der Waals surface area contributed by atoms with Crippen molar-refractivity contribution in [3.63, 3.8) is 0 Å². The van der Waals surface area contributed by atoms with Gasteiger partial charge < -0.3 is 14.7 Å². The fourth-order valence-electron chi connectivity index (χ4n) is 4.34. The molecule has 1 N–H and O–H groups in total. The summed E-state index contributed by atoms with van der Waals surface area (Å²) in [5.41, 5.74) is -0.0129. The number of alkyl halides is 3. The Hall–Kier alpha value is -3.14. The van der Waals surface area contributed by atoms with Crippen LogP contribution in [-0.4, -0.2) is 65.8 Å². The predicted molar refractivity (Wildman–Crippen MR) is 110 cm³/mol. The number of hydrogen-bond donors (Lipinski definition) is 1. The number of aromatic nitrogens is 3. The number of piperazine rings is 1. The van der Waals surface area contributed by atoms with Crippen molar-refractivity contribution in [2.45, 2.75) is 12.6 Å². The lowest BCUT2D eigenvalue weighted by atomic mass is 10.0. The van der Waals surface area contributed by atoms with Gasteiger partial charge in [-0.3, -0.25) is 9.89 Å². The number of fused-ring (bicyclic) bond motifs is 2. The SMILES string of the molecule is CN1CCN(c2nccc3cc4c(cc23)N(C(=O)c2cn[nH]c2C(F)(F)F)CC4)CC1. The molecule has 4 heterocycles. The molecular weight excluding hydrogens is 409 g/mol. The van der Waals surface area contributed by atoms with Gasteiger partial charge in [0.1, 0.15) is 5.82 Å². The molecule has 1 aromatic carbocycles. The molecule has 3 aromatic rings. The second-order valence-electron chi connectivity index (χ2n) is 7.99. The minimum absolute atomic E-state index is 0.324. The lowest BCUT2D eigenvalue weighted by Crippen LogP contribution is -2.44. The molecular formula is C21H21F3N6O. The molecule has 5 rings (SSSR count). The highest BCUT2D eigenvalue weighted by atomic mass is 19.4. The molecule has 2 aliphatic heterocycles. The van der Waals surface area contributed by atoms with Crippen LogP contribution in [0.4, 0.5) is 24.7 Å². The smallest absolute Gasteiger partial charge is 0.354 e. The number of carbonyl (C=O) groups excluding carboxylic acids is 1. The zero-order chi connectivity index (χ0) is 21.8. The summed E-state index contributed by atoms with van der Waals surface area (Å²) in [4.78, 5) is 23.5. The van der Waals surface area contributed by atoms with Gasteiger partial charge in [-0.15, -0.1) is 0 Å². The van der Waals surface area contributed by atoms with Crippen molar-refractivity contribution in [2.24, 2.45) is 0 Å². The zero-order valence-electron chi connectivity index (χ0n) is 16.9. The molecule has 0 bridgehead atoms. The van der Waals surface area contributed by atoms with E-state index >= 15 is 0 Å². The number of amides is 1. The van der Waals surface area contributed by atoms with Gasteiger partial charge in [-0.05, 0) is 42.6 Å². The molecule has 1 saturated heterocycles. The molecule has 10 heteroatoms. The number of rotatable bonds is 2. The van der Waals surface area contributed by atoms with Gasteiger partial charge in [0.25, 0.3) is 5.91 Å². The van der Waals surface area contributed by atoms with E-state index in [1.807, 2.05) is 23.3 Å². The number of hydrogen-bond acceptors (Lipinski definition) is 5. The van der Waals surface area contributed by atoms with Gasteiger partial charge in [0.2, 0.25) is 0 Å². The quantitative estimate of drug-likeness (QED) is 0.677. The van der Waals surface area contributed by atoms with E-state index in [4.69, 9.17) is 0 Å². The van der Waals surface area contributed by atoms with Crippen LogP contribution in [0.5, 0.6) is 0 Å². The monoisotopic (exact) mass is 430 g/mol. The van der Waals surface area contributed by atoms with Gasteiger partial charge in [-0.25, -0.2) is 4.98 Å². The van der Waals surface area contributed by atoms with E-state index in [1.165, 1.54) is 4.90 Å². The summed E-state index contributed by atoms with van der Waals surface area (Å²) in [5, 5.41) is 7.28. The summed E-state index contributed by atoms with van der Waals surface area (Å²) in [6, 6.07) is 5.83. The lowest BCUT2D eigenvalue weighted by molar-refractivity contribution is -0.141. The second-order valence-corrected chi connectivity index (χ2v) is 7.99. The first-order valence-electron chi connectivity index (χ1n) is 10.1. The molecule has 0 spiro atoms. The number of likely N-dealkylation sites (N-methyl/N-ethyl adjacent to an activating group) is 1. The van der Waals surface area contributed by atoms with Crippen LogP contribution < -0.4 is 9.80 Å². The molecule has 2 aromatic heterocycles. The fourth-order valence-corrected chi connectivity index (χ4v) is 4.34. The number of benzene rings is 1. The summed E-state index contributed by atoms with van der Waals surface area (Å²) in [5.74, 6) is 0.135. The topological polar surface area (TPSA) is 68.4 Å². The minimum atomic E-state index is -4.67. The molecule has 0 saturated carbocycles. The third-order valence-corrected chi connectivity index (χ3v) is 6.04. The Bertz CT molecular complexity index is 1150. The average molecular weight is 430 g/mol. The molecule has 0 atom stereocenters. The van der Waals surface area contributed by atoms with Gasteiger partial charge in [0.15, 0.2) is 5.69 Å². The third kappa shape index (κ3) is 3.40. The molecule has 162 valence electrons. The number of anilines is 2. The van der Waals surface area contributed by atoms with Crippen LogP contribution in [-0.2, 0) is 12.6 Å². The Morgan fingerprint density at radius 2 is 1.90 bits per heavy atom. The molecule has 0 aliphatic carbocycles. The molecule has 1 amide bonds. The van der Waals surface area contributed by atoms with Crippen molar-refractivity contribution in [2.75, 3.05) is 49.6 Å². The normalized spacial score (nSPS) is 17.4. The lowest BCUT2D eigenvalue weighted by Gasteiger charge is -2.34. The van der Waals surface area contributed by atoms with E-state index in [0.29, 0.717) is 18.7 Å². The van der Waals surface area contributed by atoms with Crippen LogP contribution in [0.15, 0.2) is 30.6 Å². The van der Waals surface area contributed by atoms with Gasteiger partial charge >= 0.3 is 6.18 Å². The van der Waals surface area contributed by atoms with Crippen LogP contribution in [0, 0.1) is 0 Å². The van der Waals surface area contributed by atoms with E-state index in [0.717, 1.165) is 54.5 Å². The maximum Gasteiger partial charge on any atom is 0.433 e. The number of pyridine rings is 1. The molecule has 2 aliphatic rings. The van der Waals surface area contributed by atoms with Gasteiger partial charge in [-0.1, -0.05) is 0 Å². The van der Waals surface area contributed by atoms with Crippen LogP contribution in [0.3, 0.4) is 0 Å². The number of halogens is 3. The van der Waals surface area contributed by atoms with E-state index in [-0.39, 0.29) is 0 Å². The van der Waals surface area contributed by atoms with E-state index in [2.05, 4.69) is 26.9 Å². The summed E-state index contributed by atoms with van der Waals surface area (Å²) in [7, 11) is 2.08. The van der Waals surface area contributed by atoms with E-state index in [9.17, 15) is 18.0 Å². The number of H-pyrrole nitrogens is 1. The average Bonchev–Trinajstić information content (AvgIpc) is 3.39. The van der Waals surface area contributed by atoms with Crippen molar-refractivity contribution >= 4 is 28.2 Å². The van der Waals surface area contributed by atoms with Crippen molar-refractivity contribution in [3.8, 4) is 0 Å². The molecule has 31 heavy (non-hydrogen) atoms. The Balaban J connectivity index is 1.54. The number of carbonyl (C=O) groups is 1. The highest BCUT2D eigenvalue weighted by Gasteiger charge is 2.39. The summed E-state index contributed by atoms with van der Waals surface area (Å²) < 4.78 is 39.8. The van der Waals surface area contributed by atoms with Crippen molar-refractivity contribution in [1.29, 1.82) is 0 Å². The second kappa shape index (κ2) is 7.23. The number of aromatic amines is 1. The Labute approximate surface area is 176 Å². The zero-order valence-corrected chi connectivity index (χ0v) is 16.9. The number of nitrogens with one attached hydrogen (secondary N) is 1. The van der Waals surface area contributed by atoms with E-state index < -0.39 is 23.3 Å². The Morgan fingerprint density at radius 3 is 2.65 bits per heavy atom. The van der Waals surface area contributed by atoms with Crippen LogP contribution in [0.25, 0.3) is 10.8 Å². The Kier molecular flexibility index (Phi) is 4.62. The van der Waals surface area contributed by atoms with Gasteiger partial charge in [0, 0.05) is 50.0 Å². The highest BCUT2D eigenvalue weighted by molar-refractivity contribution is 6.09. The maximum atomic E-state index is 13.3.